The topological polar surface area (TPSA) is 56.6 Å². The first-order valence-electron chi connectivity index (χ1n) is 8.24. The zero-order chi connectivity index (χ0) is 20.6. The number of aryl methyl sites for hydroxylation is 2. The lowest BCUT2D eigenvalue weighted by molar-refractivity contribution is -0.137. The van der Waals surface area contributed by atoms with E-state index in [4.69, 9.17) is 0 Å². The molecule has 1 N–H and O–H groups in total. The molecule has 0 amide bonds. The molecule has 1 aromatic heterocycles. The van der Waals surface area contributed by atoms with Gasteiger partial charge in [0.05, 0.1) is 5.56 Å². The van der Waals surface area contributed by atoms with E-state index in [1.807, 2.05) is 26.0 Å². The van der Waals surface area contributed by atoms with Crippen LogP contribution in [0.3, 0.4) is 0 Å². The molecular formula is C21H14F4N2O. The number of hydrogen-bond donors (Lipinski definition) is 1. The van der Waals surface area contributed by atoms with Crippen LogP contribution in [0.25, 0.3) is 22.4 Å². The summed E-state index contributed by atoms with van der Waals surface area (Å²) in [6.45, 7) is 3.70. The molecule has 2 aromatic carbocycles. The maximum absolute atomic E-state index is 14.4. The Balaban J connectivity index is 2.32. The van der Waals surface area contributed by atoms with Crippen LogP contribution in [-0.4, -0.2) is 4.98 Å². The largest absolute Gasteiger partial charge is 0.416 e. The minimum absolute atomic E-state index is 0.190. The van der Waals surface area contributed by atoms with Crippen molar-refractivity contribution in [2.75, 3.05) is 0 Å². The molecule has 0 saturated carbocycles. The fourth-order valence-corrected chi connectivity index (χ4v) is 3.05. The van der Waals surface area contributed by atoms with Crippen molar-refractivity contribution in [1.29, 1.82) is 5.26 Å². The van der Waals surface area contributed by atoms with E-state index >= 15 is 0 Å². The van der Waals surface area contributed by atoms with E-state index in [2.05, 4.69) is 4.98 Å². The number of nitriles is 1. The van der Waals surface area contributed by atoms with Gasteiger partial charge in [0.25, 0.3) is 5.56 Å². The van der Waals surface area contributed by atoms with Crippen molar-refractivity contribution in [2.45, 2.75) is 20.0 Å². The fraction of sp³-hybridized carbons (Fsp3) is 0.143. The monoisotopic (exact) mass is 386 g/mol. The highest BCUT2D eigenvalue weighted by atomic mass is 19.4. The molecular weight excluding hydrogens is 372 g/mol. The Hall–Kier alpha value is -3.40. The van der Waals surface area contributed by atoms with E-state index in [-0.39, 0.29) is 11.3 Å². The number of rotatable bonds is 2. The van der Waals surface area contributed by atoms with Crippen LogP contribution in [0.5, 0.6) is 0 Å². The number of hydrogen-bond acceptors (Lipinski definition) is 2. The molecule has 0 atom stereocenters. The van der Waals surface area contributed by atoms with Crippen LogP contribution in [0, 0.1) is 31.0 Å². The minimum Gasteiger partial charge on any atom is -0.321 e. The summed E-state index contributed by atoms with van der Waals surface area (Å²) in [6, 6.07) is 10.3. The lowest BCUT2D eigenvalue weighted by Crippen LogP contribution is -2.14. The lowest BCUT2D eigenvalue weighted by atomic mass is 9.95. The highest BCUT2D eigenvalue weighted by Gasteiger charge is 2.31. The average Bonchev–Trinajstić information content (AvgIpc) is 2.60. The number of benzene rings is 2. The van der Waals surface area contributed by atoms with Crippen molar-refractivity contribution < 1.29 is 17.6 Å². The number of aromatic amines is 1. The Morgan fingerprint density at radius 2 is 1.68 bits per heavy atom. The van der Waals surface area contributed by atoms with E-state index < -0.39 is 34.2 Å². The molecule has 0 aliphatic carbocycles. The van der Waals surface area contributed by atoms with Gasteiger partial charge in [-0.25, -0.2) is 4.39 Å². The van der Waals surface area contributed by atoms with Crippen LogP contribution in [-0.2, 0) is 6.18 Å². The molecule has 0 aliphatic rings. The number of H-pyrrole nitrogens is 1. The molecule has 7 heteroatoms. The van der Waals surface area contributed by atoms with Crippen molar-refractivity contribution in [3.8, 4) is 28.5 Å². The lowest BCUT2D eigenvalue weighted by Gasteiger charge is -2.13. The van der Waals surface area contributed by atoms with Crippen LogP contribution in [0.1, 0.15) is 22.3 Å². The maximum atomic E-state index is 14.4. The van der Waals surface area contributed by atoms with Crippen molar-refractivity contribution in [3.05, 3.63) is 80.9 Å². The smallest absolute Gasteiger partial charge is 0.321 e. The molecule has 3 nitrogen and oxygen atoms in total. The van der Waals surface area contributed by atoms with E-state index in [0.29, 0.717) is 23.8 Å². The quantitative estimate of drug-likeness (QED) is 0.603. The number of pyridine rings is 1. The van der Waals surface area contributed by atoms with E-state index in [0.717, 1.165) is 11.1 Å². The number of aromatic nitrogens is 1. The summed E-state index contributed by atoms with van der Waals surface area (Å²) < 4.78 is 53.5. The standard InChI is InChI=1S/C21H14F4N2O/c1-11-3-5-14(12(2)7-11)19-9-15(17(10-26)20(28)27-19)16-8-13(21(23,24)25)4-6-18(16)22/h3-9H,1-2H3,(H,27,28). The summed E-state index contributed by atoms with van der Waals surface area (Å²) in [5, 5.41) is 9.32. The molecule has 0 bridgehead atoms. The maximum Gasteiger partial charge on any atom is 0.416 e. The van der Waals surface area contributed by atoms with E-state index in [9.17, 15) is 27.6 Å². The van der Waals surface area contributed by atoms with Crippen molar-refractivity contribution in [3.63, 3.8) is 0 Å². The predicted octanol–water partition coefficient (Wildman–Crippen LogP) is 5.36. The predicted molar refractivity (Wildman–Crippen MR) is 97.1 cm³/mol. The zero-order valence-corrected chi connectivity index (χ0v) is 14.9. The van der Waals surface area contributed by atoms with Crippen LogP contribution in [0.15, 0.2) is 47.3 Å². The van der Waals surface area contributed by atoms with Gasteiger partial charge in [-0.3, -0.25) is 4.79 Å². The second-order valence-corrected chi connectivity index (χ2v) is 6.42. The Kier molecular flexibility index (Phi) is 4.82. The second kappa shape index (κ2) is 6.97. The minimum atomic E-state index is -4.69. The van der Waals surface area contributed by atoms with Gasteiger partial charge in [0, 0.05) is 22.4 Å². The highest BCUT2D eigenvalue weighted by molar-refractivity contribution is 5.77. The Morgan fingerprint density at radius 1 is 0.964 bits per heavy atom. The SMILES string of the molecule is Cc1ccc(-c2cc(-c3cc(C(F)(F)F)ccc3F)c(C#N)c(=O)[nH]2)c(C)c1. The van der Waals surface area contributed by atoms with Crippen molar-refractivity contribution in [1.82, 2.24) is 4.98 Å². The molecule has 142 valence electrons. The van der Waals surface area contributed by atoms with Crippen LogP contribution in [0.4, 0.5) is 17.6 Å². The van der Waals surface area contributed by atoms with Gasteiger partial charge < -0.3 is 4.98 Å². The van der Waals surface area contributed by atoms with Gasteiger partial charge >= 0.3 is 6.18 Å². The van der Waals surface area contributed by atoms with E-state index in [1.54, 1.807) is 12.1 Å². The summed E-state index contributed by atoms with van der Waals surface area (Å²) >= 11 is 0. The molecule has 28 heavy (non-hydrogen) atoms. The molecule has 3 rings (SSSR count). The van der Waals surface area contributed by atoms with Crippen molar-refractivity contribution >= 4 is 0 Å². The number of alkyl halides is 3. The molecule has 0 aliphatic heterocycles. The molecule has 0 radical (unpaired) electrons. The first-order valence-corrected chi connectivity index (χ1v) is 8.24. The van der Waals surface area contributed by atoms with Crippen LogP contribution in [0.2, 0.25) is 0 Å². The number of nitrogens with zero attached hydrogens (tertiary/aromatic N) is 1. The average molecular weight is 386 g/mol. The van der Waals surface area contributed by atoms with Crippen LogP contribution >= 0.6 is 0 Å². The molecule has 0 saturated heterocycles. The van der Waals surface area contributed by atoms with Crippen molar-refractivity contribution in [2.24, 2.45) is 0 Å². The third-order valence-corrected chi connectivity index (χ3v) is 4.40. The first-order chi connectivity index (χ1) is 13.1. The van der Waals surface area contributed by atoms with Gasteiger partial charge in [0.1, 0.15) is 17.4 Å². The first kappa shape index (κ1) is 19.4. The number of halogens is 4. The fourth-order valence-electron chi connectivity index (χ4n) is 3.05. The molecule has 0 unspecified atom stereocenters. The third kappa shape index (κ3) is 3.54. The van der Waals surface area contributed by atoms with Gasteiger partial charge in [0.2, 0.25) is 0 Å². The van der Waals surface area contributed by atoms with Gasteiger partial charge in [-0.2, -0.15) is 18.4 Å². The summed E-state index contributed by atoms with van der Waals surface area (Å²) in [4.78, 5) is 14.9. The third-order valence-electron chi connectivity index (χ3n) is 4.40. The van der Waals surface area contributed by atoms with Gasteiger partial charge in [-0.1, -0.05) is 23.8 Å². The summed E-state index contributed by atoms with van der Waals surface area (Å²) in [6.07, 6.45) is -4.69. The van der Waals surface area contributed by atoms with E-state index in [1.165, 1.54) is 6.07 Å². The molecule has 3 aromatic rings. The molecule has 0 fully saturated rings. The highest BCUT2D eigenvalue weighted by Crippen LogP contribution is 2.35. The van der Waals surface area contributed by atoms with Gasteiger partial charge in [0.15, 0.2) is 0 Å². The number of nitrogens with one attached hydrogen (secondary N) is 1. The summed E-state index contributed by atoms with van der Waals surface area (Å²) in [5.74, 6) is -0.957. The van der Waals surface area contributed by atoms with Gasteiger partial charge in [-0.05, 0) is 43.7 Å². The summed E-state index contributed by atoms with van der Waals surface area (Å²) in [5.41, 5.74) is -0.251. The van der Waals surface area contributed by atoms with Gasteiger partial charge in [-0.15, -0.1) is 0 Å². The van der Waals surface area contributed by atoms with Crippen LogP contribution < -0.4 is 5.56 Å². The Morgan fingerprint density at radius 3 is 2.29 bits per heavy atom. The normalized spacial score (nSPS) is 11.3. The second-order valence-electron chi connectivity index (χ2n) is 6.42. The zero-order valence-electron chi connectivity index (χ0n) is 14.9. The molecule has 0 spiro atoms. The summed E-state index contributed by atoms with van der Waals surface area (Å²) in [7, 11) is 0. The Bertz CT molecular complexity index is 1170. The molecule has 1 heterocycles. The Labute approximate surface area is 157 Å².